The topological polar surface area (TPSA) is 102 Å². The van der Waals surface area contributed by atoms with Crippen LogP contribution in [-0.4, -0.2) is 36.0 Å². The van der Waals surface area contributed by atoms with E-state index in [1.807, 2.05) is 0 Å². The summed E-state index contributed by atoms with van der Waals surface area (Å²) in [6, 6.07) is 10.6. The Hall–Kier alpha value is -3.68. The number of ether oxygens (including phenoxy) is 1. The van der Waals surface area contributed by atoms with Crippen molar-refractivity contribution < 1.29 is 28.8 Å². The average Bonchev–Trinajstić information content (AvgIpc) is 2.87. The Morgan fingerprint density at radius 3 is 2.15 bits per heavy atom. The molecule has 2 aromatic rings. The molecule has 1 aliphatic heterocycles. The van der Waals surface area contributed by atoms with Crippen molar-refractivity contribution >= 4 is 29.6 Å². The van der Waals surface area contributed by atoms with E-state index in [1.54, 1.807) is 19.1 Å². The summed E-state index contributed by atoms with van der Waals surface area (Å²) in [5.41, 5.74) is 1.42. The van der Waals surface area contributed by atoms with Crippen molar-refractivity contribution in [3.05, 3.63) is 64.7 Å². The number of rotatable bonds is 3. The van der Waals surface area contributed by atoms with E-state index in [9.17, 15) is 19.2 Å². The van der Waals surface area contributed by atoms with Crippen molar-refractivity contribution in [2.45, 2.75) is 6.92 Å². The van der Waals surface area contributed by atoms with Gasteiger partial charge in [0.2, 0.25) is 0 Å². The molecule has 0 aromatic heterocycles. The highest BCUT2D eigenvalue weighted by molar-refractivity contribution is 6.21. The van der Waals surface area contributed by atoms with E-state index < -0.39 is 23.9 Å². The lowest BCUT2D eigenvalue weighted by Gasteiger charge is -2.14. The first-order valence-electron chi connectivity index (χ1n) is 7.58. The maximum absolute atomic E-state index is 12.4. The molecule has 8 nitrogen and oxygen atoms in total. The van der Waals surface area contributed by atoms with Crippen LogP contribution in [0.25, 0.3) is 0 Å². The molecule has 1 N–H and O–H groups in total. The molecule has 132 valence electrons. The van der Waals surface area contributed by atoms with Crippen LogP contribution in [0, 0.1) is 6.92 Å². The lowest BCUT2D eigenvalue weighted by Crippen LogP contribution is -2.32. The molecule has 2 aromatic carbocycles. The summed E-state index contributed by atoms with van der Waals surface area (Å²) in [5.74, 6) is -2.25. The standard InChI is InChI=1S/C18H14N2O6/c1-10-9-11(19-18(24)25-2)7-8-12(10)17(23)26-20-15(21)13-5-3-4-6-14(13)16(20)22/h3-9H,1-2H3,(H,19,24). The molecule has 0 radical (unpaired) electrons. The molecular weight excluding hydrogens is 340 g/mol. The Labute approximate surface area is 148 Å². The van der Waals surface area contributed by atoms with Gasteiger partial charge in [-0.3, -0.25) is 14.9 Å². The minimum atomic E-state index is -0.860. The number of hydrogen-bond acceptors (Lipinski definition) is 6. The molecule has 0 bridgehead atoms. The van der Waals surface area contributed by atoms with Crippen LogP contribution >= 0.6 is 0 Å². The van der Waals surface area contributed by atoms with Gasteiger partial charge in [-0.2, -0.15) is 0 Å². The van der Waals surface area contributed by atoms with Crippen LogP contribution in [0.3, 0.4) is 0 Å². The summed E-state index contributed by atoms with van der Waals surface area (Å²) in [4.78, 5) is 53.1. The first-order valence-corrected chi connectivity index (χ1v) is 7.58. The van der Waals surface area contributed by atoms with Gasteiger partial charge in [-0.15, -0.1) is 0 Å². The van der Waals surface area contributed by atoms with E-state index in [1.165, 1.54) is 37.4 Å². The van der Waals surface area contributed by atoms with Crippen molar-refractivity contribution in [2.24, 2.45) is 0 Å². The monoisotopic (exact) mass is 354 g/mol. The minimum Gasteiger partial charge on any atom is -0.453 e. The highest BCUT2D eigenvalue weighted by Crippen LogP contribution is 2.24. The average molecular weight is 354 g/mol. The van der Waals surface area contributed by atoms with Crippen molar-refractivity contribution in [3.8, 4) is 0 Å². The summed E-state index contributed by atoms with van der Waals surface area (Å²) in [6.45, 7) is 1.63. The van der Waals surface area contributed by atoms with E-state index in [0.717, 1.165) is 0 Å². The molecular formula is C18H14N2O6. The van der Waals surface area contributed by atoms with E-state index in [2.05, 4.69) is 10.1 Å². The summed E-state index contributed by atoms with van der Waals surface area (Å²) in [5, 5.41) is 2.92. The number of aryl methyl sites for hydroxylation is 1. The van der Waals surface area contributed by atoms with Gasteiger partial charge >= 0.3 is 12.1 Å². The number of nitrogens with zero attached hydrogens (tertiary/aromatic N) is 1. The predicted octanol–water partition coefficient (Wildman–Crippen LogP) is 2.54. The van der Waals surface area contributed by atoms with E-state index in [-0.39, 0.29) is 16.7 Å². The van der Waals surface area contributed by atoms with Gasteiger partial charge in [0.1, 0.15) is 0 Å². The highest BCUT2D eigenvalue weighted by Gasteiger charge is 2.38. The van der Waals surface area contributed by atoms with Crippen molar-refractivity contribution in [1.82, 2.24) is 5.06 Å². The molecule has 0 atom stereocenters. The Morgan fingerprint density at radius 2 is 1.62 bits per heavy atom. The molecule has 3 amide bonds. The summed E-state index contributed by atoms with van der Waals surface area (Å²) >= 11 is 0. The Morgan fingerprint density at radius 1 is 1.00 bits per heavy atom. The second kappa shape index (κ2) is 6.67. The van der Waals surface area contributed by atoms with Gasteiger partial charge in [-0.1, -0.05) is 17.2 Å². The zero-order chi connectivity index (χ0) is 18.8. The van der Waals surface area contributed by atoms with Gasteiger partial charge in [0.15, 0.2) is 0 Å². The number of carbonyl (C=O) groups is 4. The molecule has 1 heterocycles. The first-order chi connectivity index (χ1) is 12.4. The van der Waals surface area contributed by atoms with Crippen molar-refractivity contribution in [1.29, 1.82) is 0 Å². The smallest absolute Gasteiger partial charge is 0.411 e. The zero-order valence-electron chi connectivity index (χ0n) is 13.9. The largest absolute Gasteiger partial charge is 0.453 e. The molecule has 0 aliphatic carbocycles. The SMILES string of the molecule is COC(=O)Nc1ccc(C(=O)ON2C(=O)c3ccccc3C2=O)c(C)c1. The fourth-order valence-corrected chi connectivity index (χ4v) is 2.52. The molecule has 1 aliphatic rings. The number of amides is 3. The Kier molecular flexibility index (Phi) is 4.40. The second-order valence-electron chi connectivity index (χ2n) is 5.48. The van der Waals surface area contributed by atoms with E-state index in [4.69, 9.17) is 4.84 Å². The Balaban J connectivity index is 1.78. The number of methoxy groups -OCH3 is 1. The fourth-order valence-electron chi connectivity index (χ4n) is 2.52. The van der Waals surface area contributed by atoms with Crippen LogP contribution in [0.5, 0.6) is 0 Å². The lowest BCUT2D eigenvalue weighted by molar-refractivity contribution is -0.0585. The number of fused-ring (bicyclic) bond motifs is 1. The number of hydrogen-bond donors (Lipinski definition) is 1. The number of hydroxylamine groups is 2. The van der Waals surface area contributed by atoms with Crippen LogP contribution in [0.15, 0.2) is 42.5 Å². The van der Waals surface area contributed by atoms with Crippen LogP contribution in [0.4, 0.5) is 10.5 Å². The minimum absolute atomic E-state index is 0.150. The second-order valence-corrected chi connectivity index (χ2v) is 5.48. The number of nitrogens with one attached hydrogen (secondary N) is 1. The third-order valence-electron chi connectivity index (χ3n) is 3.81. The predicted molar refractivity (Wildman–Crippen MR) is 89.6 cm³/mol. The Bertz CT molecular complexity index is 902. The van der Waals surface area contributed by atoms with Gasteiger partial charge in [0.25, 0.3) is 11.8 Å². The van der Waals surface area contributed by atoms with Gasteiger partial charge in [-0.25, -0.2) is 9.59 Å². The number of imide groups is 1. The van der Waals surface area contributed by atoms with Crippen molar-refractivity contribution in [2.75, 3.05) is 12.4 Å². The van der Waals surface area contributed by atoms with E-state index in [0.29, 0.717) is 16.3 Å². The molecule has 0 saturated carbocycles. The molecule has 0 saturated heterocycles. The van der Waals surface area contributed by atoms with E-state index >= 15 is 0 Å². The van der Waals surface area contributed by atoms with Crippen LogP contribution in [0.2, 0.25) is 0 Å². The zero-order valence-corrected chi connectivity index (χ0v) is 13.9. The number of anilines is 1. The maximum atomic E-state index is 12.4. The molecule has 26 heavy (non-hydrogen) atoms. The summed E-state index contributed by atoms with van der Waals surface area (Å²) < 4.78 is 4.49. The third kappa shape index (κ3) is 3.00. The molecule has 0 fully saturated rings. The molecule has 8 heteroatoms. The third-order valence-corrected chi connectivity index (χ3v) is 3.81. The lowest BCUT2D eigenvalue weighted by atomic mass is 10.1. The number of benzene rings is 2. The normalized spacial score (nSPS) is 12.6. The highest BCUT2D eigenvalue weighted by atomic mass is 16.7. The van der Waals surface area contributed by atoms with Gasteiger partial charge in [0, 0.05) is 5.69 Å². The van der Waals surface area contributed by atoms with Gasteiger partial charge in [0.05, 0.1) is 23.8 Å². The van der Waals surface area contributed by atoms with Crippen molar-refractivity contribution in [3.63, 3.8) is 0 Å². The maximum Gasteiger partial charge on any atom is 0.411 e. The van der Waals surface area contributed by atoms with Crippen LogP contribution in [-0.2, 0) is 9.57 Å². The molecule has 3 rings (SSSR count). The number of carbonyl (C=O) groups excluding carboxylic acids is 4. The fraction of sp³-hybridized carbons (Fsp3) is 0.111. The quantitative estimate of drug-likeness (QED) is 0.850. The van der Waals surface area contributed by atoms with Gasteiger partial charge in [-0.05, 0) is 42.8 Å². The van der Waals surface area contributed by atoms with Crippen LogP contribution < -0.4 is 5.32 Å². The molecule has 0 unspecified atom stereocenters. The molecule has 0 spiro atoms. The summed E-state index contributed by atoms with van der Waals surface area (Å²) in [6.07, 6.45) is -0.647. The first kappa shape index (κ1) is 17.2. The van der Waals surface area contributed by atoms with Crippen LogP contribution in [0.1, 0.15) is 36.6 Å². The van der Waals surface area contributed by atoms with Gasteiger partial charge < -0.3 is 9.57 Å². The summed E-state index contributed by atoms with van der Waals surface area (Å²) in [7, 11) is 1.23.